The van der Waals surface area contributed by atoms with Gasteiger partial charge in [0.05, 0.1) is 3.79 Å². The highest BCUT2D eigenvalue weighted by Gasteiger charge is 2.14. The number of halogens is 1. The van der Waals surface area contributed by atoms with Crippen molar-refractivity contribution in [1.82, 2.24) is 0 Å². The molecule has 0 unspecified atom stereocenters. The third-order valence-electron chi connectivity index (χ3n) is 1.31. The van der Waals surface area contributed by atoms with Crippen molar-refractivity contribution < 1.29 is 15.0 Å². The first-order valence-corrected chi connectivity index (χ1v) is 4.85. The molecule has 1 aromatic heterocycles. The zero-order valence-corrected chi connectivity index (χ0v) is 8.43. The summed E-state index contributed by atoms with van der Waals surface area (Å²) in [7, 11) is 0. The molecule has 0 radical (unpaired) electrons. The molecule has 0 aliphatic rings. The van der Waals surface area contributed by atoms with Gasteiger partial charge in [0.25, 0.3) is 0 Å². The van der Waals surface area contributed by atoms with Crippen molar-refractivity contribution in [2.45, 2.75) is 12.5 Å². The molecule has 1 rings (SSSR count). The fourth-order valence-electron chi connectivity index (χ4n) is 0.739. The molecular formula is C7H7BrO3S. The van der Waals surface area contributed by atoms with E-state index < -0.39 is 12.1 Å². The van der Waals surface area contributed by atoms with E-state index in [-0.39, 0.29) is 6.42 Å². The Balaban J connectivity index is 2.58. The van der Waals surface area contributed by atoms with Crippen molar-refractivity contribution in [3.63, 3.8) is 0 Å². The van der Waals surface area contributed by atoms with Crippen molar-refractivity contribution in [2.75, 3.05) is 0 Å². The minimum absolute atomic E-state index is 0.172. The highest BCUT2D eigenvalue weighted by atomic mass is 79.9. The summed E-state index contributed by atoms with van der Waals surface area (Å²) in [6, 6.07) is 3.62. The maximum Gasteiger partial charge on any atom is 0.332 e. The van der Waals surface area contributed by atoms with Gasteiger partial charge in [0.15, 0.2) is 6.10 Å². The summed E-state index contributed by atoms with van der Waals surface area (Å²) in [6.07, 6.45) is -1.12. The molecule has 66 valence electrons. The molecule has 1 heterocycles. The summed E-state index contributed by atoms with van der Waals surface area (Å²) in [5, 5.41) is 17.4. The Morgan fingerprint density at radius 1 is 1.67 bits per heavy atom. The van der Waals surface area contributed by atoms with Crippen LogP contribution in [-0.4, -0.2) is 22.3 Å². The van der Waals surface area contributed by atoms with Gasteiger partial charge >= 0.3 is 5.97 Å². The van der Waals surface area contributed by atoms with Crippen LogP contribution in [0, 0.1) is 0 Å². The van der Waals surface area contributed by atoms with Gasteiger partial charge in [0, 0.05) is 11.3 Å². The number of aliphatic hydroxyl groups is 1. The highest BCUT2D eigenvalue weighted by molar-refractivity contribution is 9.11. The van der Waals surface area contributed by atoms with Crippen molar-refractivity contribution in [3.8, 4) is 0 Å². The van der Waals surface area contributed by atoms with E-state index in [1.165, 1.54) is 11.3 Å². The lowest BCUT2D eigenvalue weighted by Crippen LogP contribution is -2.21. The zero-order chi connectivity index (χ0) is 9.14. The maximum atomic E-state index is 10.3. The number of carboxylic acid groups (broad SMARTS) is 1. The van der Waals surface area contributed by atoms with Crippen LogP contribution in [0.5, 0.6) is 0 Å². The minimum Gasteiger partial charge on any atom is -0.479 e. The van der Waals surface area contributed by atoms with E-state index in [4.69, 9.17) is 10.2 Å². The molecule has 3 nitrogen and oxygen atoms in total. The number of thiophene rings is 1. The van der Waals surface area contributed by atoms with Crippen LogP contribution in [0.1, 0.15) is 4.88 Å². The number of hydrogen-bond donors (Lipinski definition) is 2. The van der Waals surface area contributed by atoms with Crippen LogP contribution in [0.25, 0.3) is 0 Å². The zero-order valence-electron chi connectivity index (χ0n) is 6.03. The van der Waals surface area contributed by atoms with E-state index in [0.29, 0.717) is 0 Å². The highest BCUT2D eigenvalue weighted by Crippen LogP contribution is 2.23. The number of aliphatic carboxylic acids is 1. The standard InChI is InChI=1S/C7H7BrO3S/c8-6-2-1-4(12-6)3-5(9)7(10)11/h1-2,5,9H,3H2,(H,10,11)/t5-/m1/s1. The number of hydrogen-bond acceptors (Lipinski definition) is 3. The number of aliphatic hydroxyl groups excluding tert-OH is 1. The summed E-state index contributed by atoms with van der Waals surface area (Å²) < 4.78 is 0.940. The van der Waals surface area contributed by atoms with Crippen LogP contribution in [0.2, 0.25) is 0 Å². The van der Waals surface area contributed by atoms with Crippen molar-refractivity contribution in [3.05, 3.63) is 20.8 Å². The molecule has 0 spiro atoms. The number of carbonyl (C=O) groups is 1. The summed E-state index contributed by atoms with van der Waals surface area (Å²) in [6.45, 7) is 0. The second kappa shape index (κ2) is 4.02. The molecule has 0 aliphatic carbocycles. The van der Waals surface area contributed by atoms with E-state index in [9.17, 15) is 4.79 Å². The third-order valence-corrected chi connectivity index (χ3v) is 2.95. The lowest BCUT2D eigenvalue weighted by molar-refractivity contribution is -0.146. The van der Waals surface area contributed by atoms with Gasteiger partial charge in [-0.05, 0) is 28.1 Å². The van der Waals surface area contributed by atoms with Crippen LogP contribution < -0.4 is 0 Å². The maximum absolute atomic E-state index is 10.3. The van der Waals surface area contributed by atoms with Gasteiger partial charge in [-0.3, -0.25) is 0 Å². The Morgan fingerprint density at radius 3 is 2.75 bits per heavy atom. The molecule has 0 aliphatic heterocycles. The van der Waals surface area contributed by atoms with Gasteiger partial charge in [0.1, 0.15) is 0 Å². The molecule has 1 aromatic rings. The first-order valence-electron chi connectivity index (χ1n) is 3.24. The van der Waals surface area contributed by atoms with Crippen LogP contribution >= 0.6 is 27.3 Å². The summed E-state index contributed by atoms with van der Waals surface area (Å²) in [5.74, 6) is -1.18. The van der Waals surface area contributed by atoms with Crippen LogP contribution in [-0.2, 0) is 11.2 Å². The quantitative estimate of drug-likeness (QED) is 0.855. The topological polar surface area (TPSA) is 57.5 Å². The normalized spacial score (nSPS) is 12.8. The Labute approximate surface area is 81.8 Å². The Kier molecular flexibility index (Phi) is 3.25. The Morgan fingerprint density at radius 2 is 2.33 bits per heavy atom. The summed E-state index contributed by atoms with van der Waals surface area (Å²) in [5.41, 5.74) is 0. The van der Waals surface area contributed by atoms with Gasteiger partial charge in [-0.15, -0.1) is 11.3 Å². The SMILES string of the molecule is O=C(O)[C@H](O)Cc1ccc(Br)s1. The molecule has 0 aromatic carbocycles. The van der Waals surface area contributed by atoms with E-state index >= 15 is 0 Å². The average molecular weight is 251 g/mol. The van der Waals surface area contributed by atoms with E-state index in [0.717, 1.165) is 8.66 Å². The smallest absolute Gasteiger partial charge is 0.332 e. The fourth-order valence-corrected chi connectivity index (χ4v) is 2.26. The molecule has 0 fully saturated rings. The lowest BCUT2D eigenvalue weighted by Gasteiger charge is -2.01. The lowest BCUT2D eigenvalue weighted by atomic mass is 10.2. The van der Waals surface area contributed by atoms with Gasteiger partial charge < -0.3 is 10.2 Å². The summed E-state index contributed by atoms with van der Waals surface area (Å²) in [4.78, 5) is 11.1. The van der Waals surface area contributed by atoms with Crippen LogP contribution in [0.15, 0.2) is 15.9 Å². The predicted molar refractivity (Wildman–Crippen MR) is 49.4 cm³/mol. The molecule has 0 saturated carbocycles. The summed E-state index contributed by atoms with van der Waals surface area (Å²) >= 11 is 4.68. The van der Waals surface area contributed by atoms with E-state index in [1.54, 1.807) is 6.07 Å². The van der Waals surface area contributed by atoms with Crippen molar-refractivity contribution in [1.29, 1.82) is 0 Å². The molecular weight excluding hydrogens is 244 g/mol. The van der Waals surface area contributed by atoms with Crippen LogP contribution in [0.4, 0.5) is 0 Å². The Hall–Kier alpha value is -0.390. The second-order valence-corrected chi connectivity index (χ2v) is 4.81. The van der Waals surface area contributed by atoms with E-state index in [1.807, 2.05) is 6.07 Å². The largest absolute Gasteiger partial charge is 0.479 e. The molecule has 5 heteroatoms. The fraction of sp³-hybridized carbons (Fsp3) is 0.286. The molecule has 0 amide bonds. The monoisotopic (exact) mass is 250 g/mol. The van der Waals surface area contributed by atoms with Gasteiger partial charge in [-0.2, -0.15) is 0 Å². The first-order chi connectivity index (χ1) is 5.59. The molecule has 2 N–H and O–H groups in total. The predicted octanol–water partition coefficient (Wildman–Crippen LogP) is 1.50. The van der Waals surface area contributed by atoms with E-state index in [2.05, 4.69) is 15.9 Å². The third kappa shape index (κ3) is 2.58. The number of rotatable bonds is 3. The average Bonchev–Trinajstić information content (AvgIpc) is 2.35. The Bertz CT molecular complexity index is 284. The number of carboxylic acids is 1. The van der Waals surface area contributed by atoms with Gasteiger partial charge in [-0.25, -0.2) is 4.79 Å². The molecule has 0 saturated heterocycles. The van der Waals surface area contributed by atoms with Crippen molar-refractivity contribution >= 4 is 33.2 Å². The minimum atomic E-state index is -1.30. The van der Waals surface area contributed by atoms with Gasteiger partial charge in [0.2, 0.25) is 0 Å². The molecule has 1 atom stereocenters. The second-order valence-electron chi connectivity index (χ2n) is 2.26. The molecule has 12 heavy (non-hydrogen) atoms. The van der Waals surface area contributed by atoms with Crippen LogP contribution in [0.3, 0.4) is 0 Å². The first kappa shape index (κ1) is 9.70. The molecule has 0 bridgehead atoms. The van der Waals surface area contributed by atoms with Gasteiger partial charge in [-0.1, -0.05) is 0 Å². The van der Waals surface area contributed by atoms with Crippen molar-refractivity contribution in [2.24, 2.45) is 0 Å².